The van der Waals surface area contributed by atoms with E-state index in [-0.39, 0.29) is 11.7 Å². The van der Waals surface area contributed by atoms with Gasteiger partial charge in [0.15, 0.2) is 0 Å². The number of carbonyl (C=O) groups is 1. The summed E-state index contributed by atoms with van der Waals surface area (Å²) in [5, 5.41) is 0. The Morgan fingerprint density at radius 2 is 1.56 bits per heavy atom. The van der Waals surface area contributed by atoms with Crippen molar-refractivity contribution >= 4 is 39.4 Å². The van der Waals surface area contributed by atoms with Gasteiger partial charge in [-0.1, -0.05) is 46.3 Å². The van der Waals surface area contributed by atoms with Gasteiger partial charge in [0.25, 0.3) is 5.91 Å². The van der Waals surface area contributed by atoms with E-state index >= 15 is 0 Å². The summed E-state index contributed by atoms with van der Waals surface area (Å²) < 4.78 is 14.3. The van der Waals surface area contributed by atoms with Crippen molar-refractivity contribution in [1.29, 1.82) is 0 Å². The molecule has 0 radical (unpaired) electrons. The van der Waals surface area contributed by atoms with Crippen molar-refractivity contribution in [3.05, 3.63) is 106 Å². The number of rotatable bonds is 3. The van der Waals surface area contributed by atoms with Crippen LogP contribution in [0.2, 0.25) is 0 Å². The number of benzene rings is 3. The number of hydrogen-bond acceptors (Lipinski definition) is 2. The third-order valence-corrected chi connectivity index (χ3v) is 4.68. The van der Waals surface area contributed by atoms with Gasteiger partial charge in [0.05, 0.1) is 5.69 Å². The molecule has 3 aromatic carbocycles. The average Bonchev–Trinajstić information content (AvgIpc) is 3.01. The molecule has 4 rings (SSSR count). The molecule has 5 heteroatoms. The first kappa shape index (κ1) is 17.4. The Morgan fingerprint density at radius 3 is 2.22 bits per heavy atom. The van der Waals surface area contributed by atoms with Crippen LogP contribution < -0.4 is 4.90 Å². The second-order valence-corrected chi connectivity index (χ2v) is 6.92. The van der Waals surface area contributed by atoms with Gasteiger partial charge in [0.1, 0.15) is 17.3 Å². The lowest BCUT2D eigenvalue weighted by atomic mass is 10.1. The van der Waals surface area contributed by atoms with Gasteiger partial charge in [0, 0.05) is 10.0 Å². The third-order valence-electron chi connectivity index (χ3n) is 4.15. The normalized spacial score (nSPS) is 15.3. The number of amides is 1. The van der Waals surface area contributed by atoms with Crippen LogP contribution in [-0.2, 0) is 4.79 Å². The topological polar surface area (TPSA) is 32.7 Å². The number of amidine groups is 1. The molecule has 3 aromatic rings. The summed E-state index contributed by atoms with van der Waals surface area (Å²) in [7, 11) is 0. The fourth-order valence-corrected chi connectivity index (χ4v) is 3.11. The highest BCUT2D eigenvalue weighted by Gasteiger charge is 2.32. The maximum absolute atomic E-state index is 13.3. The largest absolute Gasteiger partial charge is 0.282 e. The summed E-state index contributed by atoms with van der Waals surface area (Å²) in [6.45, 7) is 0. The van der Waals surface area contributed by atoms with Crippen LogP contribution in [0.5, 0.6) is 0 Å². The molecule has 0 bridgehead atoms. The summed E-state index contributed by atoms with van der Waals surface area (Å²) >= 11 is 3.40. The number of carbonyl (C=O) groups excluding carboxylic acids is 1. The zero-order valence-electron chi connectivity index (χ0n) is 14.1. The smallest absolute Gasteiger partial charge is 0.266 e. The van der Waals surface area contributed by atoms with Gasteiger partial charge in [-0.25, -0.2) is 9.38 Å². The first-order chi connectivity index (χ1) is 13.1. The van der Waals surface area contributed by atoms with Crippen LogP contribution in [0.15, 0.2) is 94.0 Å². The Labute approximate surface area is 164 Å². The molecular formula is C22H14BrFN2O. The molecule has 1 aliphatic heterocycles. The molecule has 0 fully saturated rings. The lowest BCUT2D eigenvalue weighted by molar-refractivity contribution is -0.113. The molecule has 0 aromatic heterocycles. The Balaban J connectivity index is 1.81. The number of nitrogens with zero attached hydrogens (tertiary/aromatic N) is 2. The van der Waals surface area contributed by atoms with Crippen LogP contribution >= 0.6 is 15.9 Å². The van der Waals surface area contributed by atoms with Gasteiger partial charge in [-0.05, 0) is 60.2 Å². The fraction of sp³-hybridized carbons (Fsp3) is 0. The summed E-state index contributed by atoms with van der Waals surface area (Å²) in [5.74, 6) is -0.0708. The molecule has 0 aliphatic carbocycles. The zero-order chi connectivity index (χ0) is 18.8. The zero-order valence-corrected chi connectivity index (χ0v) is 15.7. The Kier molecular flexibility index (Phi) is 4.69. The second kappa shape index (κ2) is 7.29. The minimum Gasteiger partial charge on any atom is -0.266 e. The highest BCUT2D eigenvalue weighted by Crippen LogP contribution is 2.28. The monoisotopic (exact) mass is 420 g/mol. The van der Waals surface area contributed by atoms with Gasteiger partial charge < -0.3 is 0 Å². The quantitative estimate of drug-likeness (QED) is 0.520. The summed E-state index contributed by atoms with van der Waals surface area (Å²) in [5.41, 5.74) is 2.59. The number of halogens is 2. The molecule has 0 unspecified atom stereocenters. The standard InChI is InChI=1S/C22H14BrFN2O/c23-17-10-6-15(7-11-17)14-20-22(27)26(19-4-2-1-3-5-19)21(25-20)16-8-12-18(24)13-9-16/h1-14H. The lowest BCUT2D eigenvalue weighted by Gasteiger charge is -2.18. The van der Waals surface area contributed by atoms with E-state index in [1.807, 2.05) is 54.6 Å². The maximum Gasteiger partial charge on any atom is 0.282 e. The van der Waals surface area contributed by atoms with Crippen LogP contribution in [-0.4, -0.2) is 11.7 Å². The van der Waals surface area contributed by atoms with Gasteiger partial charge in [0.2, 0.25) is 0 Å². The third kappa shape index (κ3) is 3.59. The first-order valence-corrected chi connectivity index (χ1v) is 9.12. The van der Waals surface area contributed by atoms with Crippen molar-refractivity contribution in [3.8, 4) is 0 Å². The van der Waals surface area contributed by atoms with Crippen LogP contribution in [0, 0.1) is 5.82 Å². The van der Waals surface area contributed by atoms with Crippen molar-refractivity contribution in [2.24, 2.45) is 4.99 Å². The molecule has 1 amide bonds. The molecule has 0 N–H and O–H groups in total. The first-order valence-electron chi connectivity index (χ1n) is 8.33. The Morgan fingerprint density at radius 1 is 0.889 bits per heavy atom. The van der Waals surface area contributed by atoms with Crippen LogP contribution in [0.25, 0.3) is 6.08 Å². The summed E-state index contributed by atoms with van der Waals surface area (Å²) in [4.78, 5) is 19.2. The van der Waals surface area contributed by atoms with Gasteiger partial charge in [-0.3, -0.25) is 9.69 Å². The van der Waals surface area contributed by atoms with Crippen molar-refractivity contribution in [1.82, 2.24) is 0 Å². The number of anilines is 1. The molecule has 1 aliphatic rings. The van der Waals surface area contributed by atoms with Gasteiger partial charge in [-0.2, -0.15) is 0 Å². The average molecular weight is 421 g/mol. The molecule has 1 heterocycles. The van der Waals surface area contributed by atoms with E-state index in [0.29, 0.717) is 22.8 Å². The molecular weight excluding hydrogens is 407 g/mol. The highest BCUT2D eigenvalue weighted by molar-refractivity contribution is 9.10. The summed E-state index contributed by atoms with van der Waals surface area (Å²) in [6.07, 6.45) is 1.75. The molecule has 0 spiro atoms. The van der Waals surface area contributed by atoms with E-state index in [4.69, 9.17) is 0 Å². The van der Waals surface area contributed by atoms with E-state index < -0.39 is 0 Å². The molecule has 0 saturated heterocycles. The minimum atomic E-state index is -0.333. The van der Waals surface area contributed by atoms with E-state index in [1.165, 1.54) is 12.1 Å². The van der Waals surface area contributed by atoms with Crippen LogP contribution in [0.1, 0.15) is 11.1 Å². The lowest BCUT2D eigenvalue weighted by Crippen LogP contribution is -2.32. The number of para-hydroxylation sites is 1. The molecule has 0 saturated carbocycles. The minimum absolute atomic E-state index is 0.219. The van der Waals surface area contributed by atoms with Crippen molar-refractivity contribution in [2.75, 3.05) is 4.90 Å². The number of aliphatic imine (C=N–C) groups is 1. The predicted octanol–water partition coefficient (Wildman–Crippen LogP) is 5.42. The SMILES string of the molecule is O=C1C(=Cc2ccc(Br)cc2)N=C(c2ccc(F)cc2)N1c1ccccc1. The molecule has 0 atom stereocenters. The van der Waals surface area contributed by atoms with E-state index in [0.717, 1.165) is 10.0 Å². The second-order valence-electron chi connectivity index (χ2n) is 6.00. The molecule has 27 heavy (non-hydrogen) atoms. The van der Waals surface area contributed by atoms with Crippen LogP contribution in [0.4, 0.5) is 10.1 Å². The van der Waals surface area contributed by atoms with Crippen molar-refractivity contribution in [3.63, 3.8) is 0 Å². The van der Waals surface area contributed by atoms with E-state index in [9.17, 15) is 9.18 Å². The Bertz CT molecular complexity index is 1040. The van der Waals surface area contributed by atoms with E-state index in [1.54, 1.807) is 23.1 Å². The molecule has 3 nitrogen and oxygen atoms in total. The maximum atomic E-state index is 13.3. The van der Waals surface area contributed by atoms with Gasteiger partial charge >= 0.3 is 0 Å². The van der Waals surface area contributed by atoms with Crippen molar-refractivity contribution in [2.45, 2.75) is 0 Å². The highest BCUT2D eigenvalue weighted by atomic mass is 79.9. The van der Waals surface area contributed by atoms with Crippen molar-refractivity contribution < 1.29 is 9.18 Å². The molecule has 132 valence electrons. The predicted molar refractivity (Wildman–Crippen MR) is 109 cm³/mol. The van der Waals surface area contributed by atoms with E-state index in [2.05, 4.69) is 20.9 Å². The Hall–Kier alpha value is -3.05. The van der Waals surface area contributed by atoms with Gasteiger partial charge in [-0.15, -0.1) is 0 Å². The van der Waals surface area contributed by atoms with Crippen LogP contribution in [0.3, 0.4) is 0 Å². The number of hydrogen-bond donors (Lipinski definition) is 0. The summed E-state index contributed by atoms with van der Waals surface area (Å²) in [6, 6.07) is 22.9. The fourth-order valence-electron chi connectivity index (χ4n) is 2.84.